The van der Waals surface area contributed by atoms with Gasteiger partial charge in [0.05, 0.1) is 0 Å². The van der Waals surface area contributed by atoms with E-state index in [0.29, 0.717) is 0 Å². The van der Waals surface area contributed by atoms with E-state index in [1.807, 2.05) is 0 Å². The fourth-order valence-electron chi connectivity index (χ4n) is 1.12. The largest absolute Gasteiger partial charge is 1.00 e. The van der Waals surface area contributed by atoms with Gasteiger partial charge in [-0.05, 0) is 0 Å². The van der Waals surface area contributed by atoms with Crippen molar-refractivity contribution < 1.29 is 119 Å². The van der Waals surface area contributed by atoms with Crippen molar-refractivity contribution in [3.05, 3.63) is 0 Å². The Balaban J connectivity index is -0.000000555. The summed E-state index contributed by atoms with van der Waals surface area (Å²) < 4.78 is 232. The zero-order valence-electron chi connectivity index (χ0n) is 14.2. The predicted octanol–water partition coefficient (Wildman–Crippen LogP) is 2.42. The average molecular weight is 526 g/mol. The Labute approximate surface area is 178 Å². The molecule has 0 atom stereocenters. The van der Waals surface area contributed by atoms with E-state index in [0.717, 1.165) is 0 Å². The molecule has 0 aromatic rings. The first-order chi connectivity index (χ1) is 12.2. The van der Waals surface area contributed by atoms with E-state index in [1.54, 1.807) is 0 Å². The van der Waals surface area contributed by atoms with Gasteiger partial charge >= 0.3 is 77.7 Å². The summed E-state index contributed by atoms with van der Waals surface area (Å²) in [5, 5.41) is 0. The first kappa shape index (κ1) is 34.5. The molecule has 30 heavy (non-hydrogen) atoms. The number of hydrogen-bond donors (Lipinski definition) is 2. The monoisotopic (exact) mass is 526 g/mol. The third-order valence-corrected chi connectivity index (χ3v) is 2.63. The van der Waals surface area contributed by atoms with E-state index < -0.39 is 59.5 Å². The number of hydrogen-bond acceptors (Lipinski definition) is 1. The predicted molar refractivity (Wildman–Crippen MR) is 56.3 cm³/mol. The molecule has 0 saturated heterocycles. The third kappa shape index (κ3) is 5.62. The van der Waals surface area contributed by atoms with Crippen LogP contribution in [0.1, 0.15) is 1.43 Å². The Morgan fingerprint density at radius 2 is 0.767 bits per heavy atom. The van der Waals surface area contributed by atoms with Crippen LogP contribution in [0.4, 0.5) is 74.6 Å². The van der Waals surface area contributed by atoms with Crippen molar-refractivity contribution in [2.24, 2.45) is 0 Å². The Morgan fingerprint density at radius 3 is 0.967 bits per heavy atom. The maximum absolute atomic E-state index is 12.8. The fraction of sp³-hybridized carbons (Fsp3) is 1.00. The Morgan fingerprint density at radius 1 is 0.567 bits per heavy atom. The maximum atomic E-state index is 12.8. The molecule has 0 aromatic carbocycles. The van der Waals surface area contributed by atoms with E-state index in [-0.39, 0.29) is 31.0 Å². The van der Waals surface area contributed by atoms with Crippen LogP contribution >= 0.6 is 0 Å². The van der Waals surface area contributed by atoms with Gasteiger partial charge in [-0.15, -0.1) is 0 Å². The van der Waals surface area contributed by atoms with Crippen molar-refractivity contribution in [2.75, 3.05) is 0 Å². The van der Waals surface area contributed by atoms with Gasteiger partial charge in [-0.25, -0.2) is 8.78 Å². The van der Waals surface area contributed by atoms with Gasteiger partial charge in [0, 0.05) is 0 Å². The normalized spacial score (nSPS) is 15.0. The van der Waals surface area contributed by atoms with Gasteiger partial charge in [0.25, 0.3) is 11.4 Å². The molecule has 0 bridgehead atoms. The van der Waals surface area contributed by atoms with Crippen LogP contribution in [0.3, 0.4) is 0 Å². The molecule has 0 fully saturated rings. The van der Waals surface area contributed by atoms with Crippen LogP contribution in [0.5, 0.6) is 0 Å². The van der Waals surface area contributed by atoms with Crippen LogP contribution in [0.15, 0.2) is 0 Å². The first-order valence-electron chi connectivity index (χ1n) is 5.59. The summed E-state index contributed by atoms with van der Waals surface area (Å²) in [4.78, 5) is 0. The first-order valence-corrected chi connectivity index (χ1v) is 6.66. The van der Waals surface area contributed by atoms with Gasteiger partial charge in [0.15, 0.2) is 0 Å². The van der Waals surface area contributed by atoms with Crippen molar-refractivity contribution >= 4 is 11.4 Å². The molecule has 0 aliphatic heterocycles. The van der Waals surface area contributed by atoms with Crippen molar-refractivity contribution in [3.63, 3.8) is 0 Å². The summed E-state index contributed by atoms with van der Waals surface area (Å²) in [6.07, 6.45) is -13.6. The zero-order chi connectivity index (χ0) is 24.7. The average Bonchev–Trinajstić information content (AvgIpc) is 2.43. The fourth-order valence-corrected chi connectivity index (χ4v) is 1.12. The molecule has 0 aliphatic rings. The van der Waals surface area contributed by atoms with E-state index >= 15 is 0 Å². The van der Waals surface area contributed by atoms with E-state index in [1.165, 1.54) is 0 Å². The number of alkyl halides is 17. The summed E-state index contributed by atoms with van der Waals surface area (Å²) in [6.45, 7) is 0. The summed E-state index contributed by atoms with van der Waals surface area (Å²) in [5.41, 5.74) is 0. The second kappa shape index (κ2) is 9.79. The SMILES string of the molecule is FC(F)C(F)(F)C(F)(F)C(F)(F)C(F)(F)C(F)(F)C(F)(F)C(F)(F)F.O=S(O)O.[H-].[Na+]. The molecule has 0 rings (SSSR count). The zero-order valence-corrected chi connectivity index (χ0v) is 16.0. The standard InChI is InChI=1S/C8HF17.Na.H2O3S.H/c9-1(10)2(11,12)3(13,14)4(15,16)5(17,18)6(19,20)7(21,22)8(23,24)25;;1-4(2)3;/h1H;;(H2,1,2,3);/q;+1;;-1. The van der Waals surface area contributed by atoms with Crippen LogP contribution in [0.2, 0.25) is 0 Å². The molecule has 3 nitrogen and oxygen atoms in total. The minimum atomic E-state index is -8.54. The van der Waals surface area contributed by atoms with Crippen LogP contribution in [-0.2, 0) is 11.4 Å². The van der Waals surface area contributed by atoms with Gasteiger partial charge in [-0.3, -0.25) is 9.11 Å². The molecule has 22 heteroatoms. The molecule has 0 aliphatic carbocycles. The van der Waals surface area contributed by atoms with Crippen molar-refractivity contribution in [1.82, 2.24) is 0 Å². The Bertz CT molecular complexity index is 590. The molecular weight excluding hydrogens is 522 g/mol. The minimum Gasteiger partial charge on any atom is -1.00 e. The molecule has 0 radical (unpaired) electrons. The molecule has 0 saturated carbocycles. The van der Waals surface area contributed by atoms with E-state index in [9.17, 15) is 74.6 Å². The summed E-state index contributed by atoms with van der Waals surface area (Å²) >= 11 is -2.61. The second-order valence-electron chi connectivity index (χ2n) is 4.52. The van der Waals surface area contributed by atoms with E-state index in [4.69, 9.17) is 13.3 Å². The minimum absolute atomic E-state index is 0. The smallest absolute Gasteiger partial charge is 1.00 e. The quantitative estimate of drug-likeness (QED) is 0.318. The summed E-state index contributed by atoms with van der Waals surface area (Å²) in [6, 6.07) is 0. The summed E-state index contributed by atoms with van der Waals surface area (Å²) in [5.74, 6) is -49.2. The van der Waals surface area contributed by atoms with Crippen LogP contribution in [0, 0.1) is 0 Å². The van der Waals surface area contributed by atoms with Gasteiger partial charge in [-0.2, -0.15) is 70.1 Å². The second-order valence-corrected chi connectivity index (χ2v) is 4.99. The van der Waals surface area contributed by atoms with Gasteiger partial charge < -0.3 is 1.43 Å². The topological polar surface area (TPSA) is 57.5 Å². The Kier molecular flexibility index (Phi) is 11.3. The van der Waals surface area contributed by atoms with Crippen molar-refractivity contribution in [3.8, 4) is 0 Å². The van der Waals surface area contributed by atoms with Crippen LogP contribution < -0.4 is 29.6 Å². The van der Waals surface area contributed by atoms with Crippen LogP contribution in [0.25, 0.3) is 0 Å². The molecule has 0 amide bonds. The molecule has 0 aromatic heterocycles. The van der Waals surface area contributed by atoms with Gasteiger partial charge in [-0.1, -0.05) is 0 Å². The number of rotatable bonds is 6. The Hall–Kier alpha value is -0.120. The number of halogens is 17. The van der Waals surface area contributed by atoms with Crippen molar-refractivity contribution in [2.45, 2.75) is 48.1 Å². The van der Waals surface area contributed by atoms with Crippen LogP contribution in [-0.4, -0.2) is 61.5 Å². The summed E-state index contributed by atoms with van der Waals surface area (Å²) in [7, 11) is 0. The third-order valence-electron chi connectivity index (χ3n) is 2.63. The van der Waals surface area contributed by atoms with Crippen molar-refractivity contribution in [1.29, 1.82) is 0 Å². The molecule has 0 spiro atoms. The molecule has 2 N–H and O–H groups in total. The molecule has 0 heterocycles. The van der Waals surface area contributed by atoms with Gasteiger partial charge in [0.2, 0.25) is 0 Å². The van der Waals surface area contributed by atoms with E-state index in [2.05, 4.69) is 0 Å². The molecule has 180 valence electrons. The molecular formula is C8H4F17NaO3S. The molecule has 0 unspecified atom stereocenters. The van der Waals surface area contributed by atoms with Gasteiger partial charge in [0.1, 0.15) is 0 Å². The maximum Gasteiger partial charge on any atom is 1.00 e.